The van der Waals surface area contributed by atoms with E-state index in [1.54, 1.807) is 27.2 Å². The molecule has 0 radical (unpaired) electrons. The molecule has 4 rings (SSSR count). The van der Waals surface area contributed by atoms with Crippen LogP contribution >= 0.6 is 11.8 Å². The first kappa shape index (κ1) is 25.7. The summed E-state index contributed by atoms with van der Waals surface area (Å²) in [5, 5.41) is 10.5. The van der Waals surface area contributed by atoms with Crippen molar-refractivity contribution in [1.29, 1.82) is 0 Å². The summed E-state index contributed by atoms with van der Waals surface area (Å²) < 4.78 is 35.6. The first-order valence-electron chi connectivity index (χ1n) is 11.6. The van der Waals surface area contributed by atoms with Crippen LogP contribution in [0, 0.1) is 38.3 Å². The van der Waals surface area contributed by atoms with Gasteiger partial charge in [-0.3, -0.25) is 5.10 Å². The molecule has 0 saturated heterocycles. The third kappa shape index (κ3) is 5.38. The molecule has 1 fully saturated rings. The molecular weight excluding hydrogens is 482 g/mol. The maximum Gasteiger partial charge on any atom is 0.192 e. The number of nitrogens with zero attached hydrogens (tertiary/aromatic N) is 4. The molecule has 0 aliphatic heterocycles. The van der Waals surface area contributed by atoms with Crippen LogP contribution in [0.15, 0.2) is 50.5 Å². The van der Waals surface area contributed by atoms with E-state index in [4.69, 9.17) is 9.41 Å². The van der Waals surface area contributed by atoms with Crippen molar-refractivity contribution in [1.82, 2.24) is 15.2 Å². The van der Waals surface area contributed by atoms with E-state index in [2.05, 4.69) is 27.1 Å². The number of aliphatic imine (C=N–C) groups is 1. The summed E-state index contributed by atoms with van der Waals surface area (Å²) in [4.78, 5) is 11.1. The van der Waals surface area contributed by atoms with E-state index in [0.717, 1.165) is 29.8 Å². The van der Waals surface area contributed by atoms with E-state index in [1.807, 2.05) is 19.9 Å². The number of allylic oxidation sites excluding steroid dienone is 2. The molecule has 0 bridgehead atoms. The number of oxazole rings is 1. The molecule has 1 saturated carbocycles. The van der Waals surface area contributed by atoms with Gasteiger partial charge in [-0.25, -0.2) is 18.8 Å². The Balaban J connectivity index is 1.82. The van der Waals surface area contributed by atoms with E-state index in [0.29, 0.717) is 39.6 Å². The van der Waals surface area contributed by atoms with Gasteiger partial charge in [0.05, 0.1) is 5.69 Å². The topological polar surface area (TPSA) is 82.3 Å². The molecule has 1 aliphatic carbocycles. The van der Waals surface area contributed by atoms with Crippen molar-refractivity contribution in [2.75, 3.05) is 23.5 Å². The second-order valence-corrected chi connectivity index (χ2v) is 9.76. The number of rotatable bonds is 8. The fraction of sp³-hybridized carbons (Fsp3) is 0.346. The van der Waals surface area contributed by atoms with E-state index >= 15 is 0 Å². The summed E-state index contributed by atoms with van der Waals surface area (Å²) in [7, 11) is 1.59. The number of amidine groups is 1. The molecule has 0 amide bonds. The highest BCUT2D eigenvalue weighted by molar-refractivity contribution is 7.98. The van der Waals surface area contributed by atoms with Gasteiger partial charge in [0.15, 0.2) is 29.1 Å². The number of H-pyrrole nitrogens is 1. The van der Waals surface area contributed by atoms with Gasteiger partial charge in [-0.05, 0) is 57.9 Å². The number of aromatic nitrogens is 3. The van der Waals surface area contributed by atoms with Gasteiger partial charge >= 0.3 is 0 Å². The average molecular weight is 513 g/mol. The van der Waals surface area contributed by atoms with Gasteiger partial charge in [-0.2, -0.15) is 5.10 Å². The summed E-state index contributed by atoms with van der Waals surface area (Å²) in [6.45, 7) is 11.6. The van der Waals surface area contributed by atoms with Crippen LogP contribution in [0.25, 0.3) is 5.57 Å². The summed E-state index contributed by atoms with van der Waals surface area (Å²) in [6, 6.07) is 4.49. The van der Waals surface area contributed by atoms with Crippen molar-refractivity contribution in [2.24, 2.45) is 10.9 Å². The SMILES string of the molecule is C=C(/C(=C(\N=C(/C)N(C)c1c(F)cc(SC)cc1F)Nc1cc(C)[nH]n1)C1CC1)c1oc(C)nc1C. The molecule has 2 heterocycles. The molecule has 190 valence electrons. The smallest absolute Gasteiger partial charge is 0.192 e. The largest absolute Gasteiger partial charge is 0.441 e. The monoisotopic (exact) mass is 512 g/mol. The first-order valence-corrected chi connectivity index (χ1v) is 12.8. The van der Waals surface area contributed by atoms with Gasteiger partial charge in [-0.15, -0.1) is 11.8 Å². The normalized spacial score (nSPS) is 14.6. The third-order valence-electron chi connectivity index (χ3n) is 6.02. The molecule has 36 heavy (non-hydrogen) atoms. The van der Waals surface area contributed by atoms with Crippen molar-refractivity contribution in [3.63, 3.8) is 0 Å². The summed E-state index contributed by atoms with van der Waals surface area (Å²) in [5.74, 6) is 1.49. The molecule has 0 spiro atoms. The Labute approximate surface area is 213 Å². The van der Waals surface area contributed by atoms with Crippen LogP contribution in [0.3, 0.4) is 0 Å². The van der Waals surface area contributed by atoms with Gasteiger partial charge in [0, 0.05) is 41.8 Å². The van der Waals surface area contributed by atoms with Crippen molar-refractivity contribution in [3.05, 3.63) is 70.8 Å². The Morgan fingerprint density at radius 2 is 1.89 bits per heavy atom. The van der Waals surface area contributed by atoms with Crippen molar-refractivity contribution in [3.8, 4) is 0 Å². The predicted molar refractivity (Wildman–Crippen MR) is 141 cm³/mol. The lowest BCUT2D eigenvalue weighted by atomic mass is 9.99. The molecule has 7 nitrogen and oxygen atoms in total. The van der Waals surface area contributed by atoms with Gasteiger partial charge < -0.3 is 14.6 Å². The fourth-order valence-corrected chi connectivity index (χ4v) is 4.47. The Bertz CT molecular complexity index is 1350. The Morgan fingerprint density at radius 3 is 2.39 bits per heavy atom. The average Bonchev–Trinajstić information content (AvgIpc) is 3.47. The van der Waals surface area contributed by atoms with Crippen LogP contribution in [0.2, 0.25) is 0 Å². The number of nitrogens with one attached hydrogen (secondary N) is 2. The quantitative estimate of drug-likeness (QED) is 0.153. The lowest BCUT2D eigenvalue weighted by molar-refractivity contribution is 0.509. The lowest BCUT2D eigenvalue weighted by Gasteiger charge is -2.22. The van der Waals surface area contributed by atoms with Gasteiger partial charge in [0.25, 0.3) is 0 Å². The van der Waals surface area contributed by atoms with Crippen molar-refractivity contribution < 1.29 is 13.2 Å². The summed E-state index contributed by atoms with van der Waals surface area (Å²) in [5.41, 5.74) is 2.98. The van der Waals surface area contributed by atoms with Crippen LogP contribution in [-0.2, 0) is 0 Å². The van der Waals surface area contributed by atoms with E-state index in [9.17, 15) is 8.78 Å². The minimum absolute atomic E-state index is 0.169. The number of halogens is 2. The second kappa shape index (κ2) is 10.3. The summed E-state index contributed by atoms with van der Waals surface area (Å²) >= 11 is 1.28. The highest BCUT2D eigenvalue weighted by atomic mass is 32.2. The van der Waals surface area contributed by atoms with E-state index in [1.165, 1.54) is 28.8 Å². The Kier molecular flexibility index (Phi) is 7.35. The number of thioether (sulfide) groups is 1. The number of hydrogen-bond donors (Lipinski definition) is 2. The van der Waals surface area contributed by atoms with Crippen LogP contribution in [0.5, 0.6) is 0 Å². The lowest BCUT2D eigenvalue weighted by Crippen LogP contribution is -2.26. The number of aromatic amines is 1. The number of aryl methyl sites for hydroxylation is 3. The molecule has 2 aromatic heterocycles. The molecule has 2 N–H and O–H groups in total. The number of benzene rings is 1. The van der Waals surface area contributed by atoms with Gasteiger partial charge in [-0.1, -0.05) is 6.58 Å². The predicted octanol–water partition coefficient (Wildman–Crippen LogP) is 6.62. The van der Waals surface area contributed by atoms with E-state index in [-0.39, 0.29) is 11.6 Å². The van der Waals surface area contributed by atoms with Crippen LogP contribution in [-0.4, -0.2) is 34.3 Å². The zero-order valence-corrected chi connectivity index (χ0v) is 22.1. The zero-order chi connectivity index (χ0) is 26.1. The molecule has 1 aromatic carbocycles. The second-order valence-electron chi connectivity index (χ2n) is 8.88. The molecule has 1 aliphatic rings. The number of anilines is 2. The first-order chi connectivity index (χ1) is 17.1. The van der Waals surface area contributed by atoms with E-state index < -0.39 is 11.6 Å². The van der Waals surface area contributed by atoms with Gasteiger partial charge in [0.1, 0.15) is 17.3 Å². The molecule has 3 aromatic rings. The van der Waals surface area contributed by atoms with Crippen molar-refractivity contribution >= 4 is 34.7 Å². The highest BCUT2D eigenvalue weighted by Crippen LogP contribution is 2.45. The fourth-order valence-electron chi connectivity index (χ4n) is 4.03. The Hall–Kier alpha value is -3.40. The summed E-state index contributed by atoms with van der Waals surface area (Å²) in [6.07, 6.45) is 3.71. The Morgan fingerprint density at radius 1 is 1.22 bits per heavy atom. The standard InChI is InChI=1S/C26H30F2N6OS/c1-13-10-22(33-32-13)31-26(23(18-8-9-18)14(2)25-15(3)29-17(5)35-25)30-16(4)34(6)24-20(27)11-19(36-7)12-21(24)28/h10-12,18H,2,8-9H2,1,3-7H3,(H2,31,32,33)/b26-23-,30-16+. The number of hydrogen-bond acceptors (Lipinski definition) is 6. The third-order valence-corrected chi connectivity index (χ3v) is 6.72. The maximum absolute atomic E-state index is 14.9. The minimum Gasteiger partial charge on any atom is -0.441 e. The molecule has 10 heteroatoms. The molecule has 0 unspecified atom stereocenters. The minimum atomic E-state index is -0.655. The van der Waals surface area contributed by atoms with Crippen LogP contribution < -0.4 is 10.2 Å². The van der Waals surface area contributed by atoms with Crippen LogP contribution in [0.4, 0.5) is 20.3 Å². The van der Waals surface area contributed by atoms with Gasteiger partial charge in [0.2, 0.25) is 0 Å². The van der Waals surface area contributed by atoms with Crippen LogP contribution in [0.1, 0.15) is 42.8 Å². The van der Waals surface area contributed by atoms with Crippen molar-refractivity contribution in [2.45, 2.75) is 45.4 Å². The highest BCUT2D eigenvalue weighted by Gasteiger charge is 2.33. The molecule has 0 atom stereocenters. The maximum atomic E-state index is 14.9. The zero-order valence-electron chi connectivity index (χ0n) is 21.3. The molecular formula is C26H30F2N6OS.